The molecule has 112 valence electrons. The van der Waals surface area contributed by atoms with Gasteiger partial charge < -0.3 is 11.5 Å². The second-order valence-corrected chi connectivity index (χ2v) is 6.12. The fourth-order valence-electron chi connectivity index (χ4n) is 1.59. The number of nitriles is 1. The predicted molar refractivity (Wildman–Crippen MR) is 72.9 cm³/mol. The maximum atomic E-state index is 12.3. The van der Waals surface area contributed by atoms with Crippen molar-refractivity contribution >= 4 is 21.8 Å². The average Bonchev–Trinajstić information content (AvgIpc) is 2.38. The molecule has 0 radical (unpaired) electrons. The van der Waals surface area contributed by atoms with Crippen molar-refractivity contribution in [2.24, 2.45) is 11.5 Å². The zero-order valence-corrected chi connectivity index (χ0v) is 11.8. The van der Waals surface area contributed by atoms with Gasteiger partial charge in [-0.1, -0.05) is 12.1 Å². The highest BCUT2D eigenvalue weighted by molar-refractivity contribution is 7.89. The largest absolute Gasteiger partial charge is 0.369 e. The van der Waals surface area contributed by atoms with Crippen LogP contribution in [-0.4, -0.2) is 37.6 Å². The van der Waals surface area contributed by atoms with Crippen LogP contribution in [0.3, 0.4) is 0 Å². The van der Waals surface area contributed by atoms with Crippen LogP contribution in [0.25, 0.3) is 0 Å². The van der Waals surface area contributed by atoms with Crippen molar-refractivity contribution in [1.29, 1.82) is 5.26 Å². The van der Waals surface area contributed by atoms with E-state index in [9.17, 15) is 18.0 Å². The van der Waals surface area contributed by atoms with Crippen LogP contribution >= 0.6 is 0 Å². The Bertz CT molecular complexity index is 660. The highest BCUT2D eigenvalue weighted by Gasteiger charge is 2.27. The summed E-state index contributed by atoms with van der Waals surface area (Å²) in [5.74, 6) is -1.80. The van der Waals surface area contributed by atoms with Crippen LogP contribution in [0.2, 0.25) is 0 Å². The Morgan fingerprint density at radius 2 is 1.57 bits per heavy atom. The number of nitrogens with two attached hydrogens (primary N) is 2. The summed E-state index contributed by atoms with van der Waals surface area (Å²) in [6.45, 7) is -1.30. The Hall–Kier alpha value is -2.44. The SMILES string of the molecule is N#CCc1ccc(S(=O)(=O)N(CC(N)=O)CC(N)=O)cc1. The van der Waals surface area contributed by atoms with Gasteiger partial charge in [-0.05, 0) is 17.7 Å². The smallest absolute Gasteiger partial charge is 0.244 e. The molecule has 1 aromatic carbocycles. The molecule has 0 fully saturated rings. The zero-order valence-electron chi connectivity index (χ0n) is 11.0. The molecule has 0 aliphatic rings. The molecule has 0 saturated heterocycles. The number of amides is 2. The van der Waals surface area contributed by atoms with Crippen molar-refractivity contribution in [2.75, 3.05) is 13.1 Å². The normalized spacial score (nSPS) is 11.0. The van der Waals surface area contributed by atoms with Gasteiger partial charge in [0.2, 0.25) is 21.8 Å². The summed E-state index contributed by atoms with van der Waals surface area (Å²) < 4.78 is 25.2. The fraction of sp³-hybridized carbons (Fsp3) is 0.250. The standard InChI is InChI=1S/C12H14N4O4S/c13-6-5-9-1-3-10(4-2-9)21(19,20)16(7-11(14)17)8-12(15)18/h1-4H,5,7-8H2,(H2,14,17)(H2,15,18). The number of nitrogens with zero attached hydrogens (tertiary/aromatic N) is 2. The van der Waals surface area contributed by atoms with Gasteiger partial charge in [-0.15, -0.1) is 0 Å². The number of hydrogen-bond acceptors (Lipinski definition) is 5. The molecular weight excluding hydrogens is 296 g/mol. The van der Waals surface area contributed by atoms with Gasteiger partial charge in [-0.25, -0.2) is 8.42 Å². The van der Waals surface area contributed by atoms with E-state index in [4.69, 9.17) is 16.7 Å². The van der Waals surface area contributed by atoms with Crippen molar-refractivity contribution in [3.8, 4) is 6.07 Å². The Morgan fingerprint density at radius 1 is 1.10 bits per heavy atom. The van der Waals surface area contributed by atoms with E-state index in [-0.39, 0.29) is 11.3 Å². The van der Waals surface area contributed by atoms with Gasteiger partial charge in [0.1, 0.15) is 0 Å². The topological polar surface area (TPSA) is 147 Å². The second kappa shape index (κ2) is 6.83. The first kappa shape index (κ1) is 16.6. The number of primary amides is 2. The quantitative estimate of drug-likeness (QED) is 0.643. The monoisotopic (exact) mass is 310 g/mol. The molecule has 0 aliphatic carbocycles. The summed E-state index contributed by atoms with van der Waals surface area (Å²) >= 11 is 0. The van der Waals surface area contributed by atoms with E-state index in [1.165, 1.54) is 24.3 Å². The summed E-state index contributed by atoms with van der Waals surface area (Å²) in [6, 6.07) is 7.46. The molecular formula is C12H14N4O4S. The molecule has 1 aromatic rings. The maximum absolute atomic E-state index is 12.3. The second-order valence-electron chi connectivity index (χ2n) is 4.18. The first-order valence-electron chi connectivity index (χ1n) is 5.80. The van der Waals surface area contributed by atoms with Crippen molar-refractivity contribution in [3.63, 3.8) is 0 Å². The van der Waals surface area contributed by atoms with Crippen molar-refractivity contribution in [2.45, 2.75) is 11.3 Å². The Kier molecular flexibility index (Phi) is 5.40. The third-order valence-electron chi connectivity index (χ3n) is 2.51. The number of sulfonamides is 1. The highest BCUT2D eigenvalue weighted by Crippen LogP contribution is 2.16. The number of benzene rings is 1. The van der Waals surface area contributed by atoms with Crippen molar-refractivity contribution in [3.05, 3.63) is 29.8 Å². The molecule has 1 rings (SSSR count). The lowest BCUT2D eigenvalue weighted by atomic mass is 10.2. The molecule has 0 heterocycles. The van der Waals surface area contributed by atoms with E-state index >= 15 is 0 Å². The van der Waals surface area contributed by atoms with E-state index < -0.39 is 34.9 Å². The van der Waals surface area contributed by atoms with Crippen LogP contribution < -0.4 is 11.5 Å². The van der Waals surface area contributed by atoms with E-state index in [2.05, 4.69) is 0 Å². The third-order valence-corrected chi connectivity index (χ3v) is 4.31. The molecule has 9 heteroatoms. The maximum Gasteiger partial charge on any atom is 0.244 e. The summed E-state index contributed by atoms with van der Waals surface area (Å²) in [6.07, 6.45) is 0.145. The minimum atomic E-state index is -4.07. The average molecular weight is 310 g/mol. The van der Waals surface area contributed by atoms with Crippen LogP contribution in [0.5, 0.6) is 0 Å². The summed E-state index contributed by atoms with van der Waals surface area (Å²) in [5.41, 5.74) is 10.6. The minimum absolute atomic E-state index is 0.119. The van der Waals surface area contributed by atoms with Gasteiger partial charge in [0.05, 0.1) is 30.5 Å². The summed E-state index contributed by atoms with van der Waals surface area (Å²) in [7, 11) is -4.07. The lowest BCUT2D eigenvalue weighted by Gasteiger charge is -2.19. The molecule has 0 bridgehead atoms. The van der Waals surface area contributed by atoms with Gasteiger partial charge >= 0.3 is 0 Å². The molecule has 2 amide bonds. The Labute approximate surface area is 122 Å². The lowest BCUT2D eigenvalue weighted by molar-refractivity contribution is -0.120. The molecule has 0 spiro atoms. The van der Waals surface area contributed by atoms with Crippen LogP contribution in [-0.2, 0) is 26.0 Å². The van der Waals surface area contributed by atoms with Gasteiger partial charge in [-0.3, -0.25) is 9.59 Å². The summed E-state index contributed by atoms with van der Waals surface area (Å²) in [5, 5.41) is 8.56. The van der Waals surface area contributed by atoms with E-state index in [0.717, 1.165) is 0 Å². The third kappa shape index (κ3) is 4.55. The molecule has 0 aliphatic heterocycles. The highest BCUT2D eigenvalue weighted by atomic mass is 32.2. The molecule has 4 N–H and O–H groups in total. The molecule has 0 aromatic heterocycles. The van der Waals surface area contributed by atoms with Crippen LogP contribution in [0.4, 0.5) is 0 Å². The molecule has 21 heavy (non-hydrogen) atoms. The Morgan fingerprint density at radius 3 is 1.95 bits per heavy atom. The first-order chi connectivity index (χ1) is 9.77. The van der Waals surface area contributed by atoms with Gasteiger partial charge in [0, 0.05) is 0 Å². The van der Waals surface area contributed by atoms with E-state index in [0.29, 0.717) is 9.87 Å². The number of hydrogen-bond donors (Lipinski definition) is 2. The first-order valence-corrected chi connectivity index (χ1v) is 7.24. The Balaban J connectivity index is 3.12. The number of carbonyl (C=O) groups is 2. The van der Waals surface area contributed by atoms with Crippen molar-refractivity contribution < 1.29 is 18.0 Å². The van der Waals surface area contributed by atoms with Crippen LogP contribution in [0.1, 0.15) is 5.56 Å². The molecule has 0 unspecified atom stereocenters. The van der Waals surface area contributed by atoms with E-state index in [1.807, 2.05) is 6.07 Å². The molecule has 0 atom stereocenters. The summed E-state index contributed by atoms with van der Waals surface area (Å²) in [4.78, 5) is 21.8. The van der Waals surface area contributed by atoms with Gasteiger partial charge in [-0.2, -0.15) is 9.57 Å². The zero-order chi connectivity index (χ0) is 16.0. The molecule has 0 saturated carbocycles. The van der Waals surface area contributed by atoms with Crippen molar-refractivity contribution in [1.82, 2.24) is 4.31 Å². The predicted octanol–water partition coefficient (Wildman–Crippen LogP) is -1.29. The number of carbonyl (C=O) groups excluding carboxylic acids is 2. The minimum Gasteiger partial charge on any atom is -0.369 e. The fourth-order valence-corrected chi connectivity index (χ4v) is 2.97. The lowest BCUT2D eigenvalue weighted by Crippen LogP contribution is -2.43. The van der Waals surface area contributed by atoms with E-state index in [1.54, 1.807) is 0 Å². The number of rotatable bonds is 7. The molecule has 8 nitrogen and oxygen atoms in total. The van der Waals surface area contributed by atoms with Crippen LogP contribution in [0.15, 0.2) is 29.2 Å². The van der Waals surface area contributed by atoms with Gasteiger partial charge in [0.25, 0.3) is 0 Å². The van der Waals surface area contributed by atoms with Crippen LogP contribution in [0, 0.1) is 11.3 Å². The van der Waals surface area contributed by atoms with Gasteiger partial charge in [0.15, 0.2) is 0 Å².